The molecule has 0 atom stereocenters. The monoisotopic (exact) mass is 502 g/mol. The first-order valence-electron chi connectivity index (χ1n) is 9.52. The number of halogens is 6. The SMILES string of the molecule is [C-]#[N+]c1ncn(-c2cccc(C(=O)c3cccc(-n4cnc(C#N)c4C(F)(F)F)n3)n2)c1C(F)(F)F. The first kappa shape index (κ1) is 24.1. The molecule has 0 aliphatic carbocycles. The van der Waals surface area contributed by atoms with Crippen molar-refractivity contribution in [3.8, 4) is 17.7 Å². The minimum Gasteiger partial charge on any atom is -0.359 e. The Bertz CT molecular complexity index is 1450. The topological polar surface area (TPSA) is 107 Å². The number of carbonyl (C=O) groups excluding carboxylic acids is 1. The molecule has 0 unspecified atom stereocenters. The van der Waals surface area contributed by atoms with Gasteiger partial charge < -0.3 is 4.85 Å². The maximum Gasteiger partial charge on any atom is 0.434 e. The van der Waals surface area contributed by atoms with Crippen LogP contribution in [0.4, 0.5) is 32.2 Å². The molecule has 0 saturated heterocycles. The first-order valence-corrected chi connectivity index (χ1v) is 9.52. The Labute approximate surface area is 196 Å². The third-order valence-electron chi connectivity index (χ3n) is 4.69. The predicted octanol–water partition coefficient (Wildman–Crippen LogP) is 4.54. The van der Waals surface area contributed by atoms with Crippen LogP contribution in [-0.4, -0.2) is 34.9 Å². The maximum atomic E-state index is 13.5. The third kappa shape index (κ3) is 4.25. The summed E-state index contributed by atoms with van der Waals surface area (Å²) >= 11 is 0. The molecule has 15 heteroatoms. The van der Waals surface area contributed by atoms with Gasteiger partial charge in [-0.25, -0.2) is 15.0 Å². The molecule has 0 N–H and O–H groups in total. The van der Waals surface area contributed by atoms with Crippen molar-refractivity contribution in [3.05, 3.63) is 88.9 Å². The number of rotatable bonds is 4. The van der Waals surface area contributed by atoms with Crippen molar-refractivity contribution in [2.75, 3.05) is 0 Å². The molecule has 4 heterocycles. The van der Waals surface area contributed by atoms with Gasteiger partial charge in [-0.05, 0) is 24.3 Å². The first-order chi connectivity index (χ1) is 17.0. The molecule has 9 nitrogen and oxygen atoms in total. The lowest BCUT2D eigenvalue weighted by molar-refractivity contribution is -0.143. The Kier molecular flexibility index (Phi) is 5.77. The van der Waals surface area contributed by atoms with E-state index in [2.05, 4.69) is 24.8 Å². The number of nitriles is 1. The van der Waals surface area contributed by atoms with Gasteiger partial charge in [-0.2, -0.15) is 31.6 Å². The minimum absolute atomic E-state index is 0.372. The van der Waals surface area contributed by atoms with E-state index in [1.807, 2.05) is 0 Å². The number of pyridine rings is 2. The summed E-state index contributed by atoms with van der Waals surface area (Å²) in [5.74, 6) is -2.58. The Balaban J connectivity index is 1.76. The van der Waals surface area contributed by atoms with Gasteiger partial charge in [0.25, 0.3) is 5.82 Å². The molecular formula is C21H8F6N8O. The lowest BCUT2D eigenvalue weighted by Gasteiger charge is -2.12. The van der Waals surface area contributed by atoms with Crippen LogP contribution in [0.3, 0.4) is 0 Å². The molecule has 180 valence electrons. The van der Waals surface area contributed by atoms with Gasteiger partial charge in [0.15, 0.2) is 23.4 Å². The molecule has 0 aliphatic heterocycles. The number of hydrogen-bond donors (Lipinski definition) is 0. The number of hydrogen-bond acceptors (Lipinski definition) is 6. The molecule has 0 bridgehead atoms. The third-order valence-corrected chi connectivity index (χ3v) is 4.69. The highest BCUT2D eigenvalue weighted by Gasteiger charge is 2.40. The van der Waals surface area contributed by atoms with Gasteiger partial charge in [-0.3, -0.25) is 13.9 Å². The molecule has 4 rings (SSSR count). The largest absolute Gasteiger partial charge is 0.434 e. The second-order valence-corrected chi connectivity index (χ2v) is 6.91. The zero-order valence-electron chi connectivity index (χ0n) is 17.4. The van der Waals surface area contributed by atoms with E-state index in [0.717, 1.165) is 24.8 Å². The van der Waals surface area contributed by atoms with Crippen LogP contribution in [0.25, 0.3) is 16.5 Å². The summed E-state index contributed by atoms with van der Waals surface area (Å²) in [7, 11) is 0. The normalized spacial score (nSPS) is 11.7. The van der Waals surface area contributed by atoms with E-state index in [-0.39, 0.29) is 23.0 Å². The van der Waals surface area contributed by atoms with Crippen LogP contribution in [-0.2, 0) is 12.4 Å². The lowest BCUT2D eigenvalue weighted by atomic mass is 10.1. The van der Waals surface area contributed by atoms with Crippen LogP contribution in [0.5, 0.6) is 0 Å². The molecule has 0 radical (unpaired) electrons. The fraction of sp³-hybridized carbons (Fsp3) is 0.0952. The van der Waals surface area contributed by atoms with Crippen molar-refractivity contribution < 1.29 is 31.1 Å². The quantitative estimate of drug-likeness (QED) is 0.231. The average Bonchev–Trinajstić information content (AvgIpc) is 3.48. The second-order valence-electron chi connectivity index (χ2n) is 6.91. The van der Waals surface area contributed by atoms with Crippen LogP contribution in [0.1, 0.15) is 33.3 Å². The van der Waals surface area contributed by atoms with E-state index < -0.39 is 41.0 Å². The van der Waals surface area contributed by atoms with E-state index >= 15 is 0 Å². The summed E-state index contributed by atoms with van der Waals surface area (Å²) in [6.07, 6.45) is -8.44. The van der Waals surface area contributed by atoms with Crippen molar-refractivity contribution in [1.82, 2.24) is 29.1 Å². The summed E-state index contributed by atoms with van der Waals surface area (Å²) < 4.78 is 81.8. The number of carbonyl (C=O) groups is 1. The summed E-state index contributed by atoms with van der Waals surface area (Å²) in [4.78, 5) is 30.4. The molecule has 0 spiro atoms. The minimum atomic E-state index is -4.95. The average molecular weight is 502 g/mol. The summed E-state index contributed by atoms with van der Waals surface area (Å²) in [5.41, 5.74) is -4.42. The van der Waals surface area contributed by atoms with Gasteiger partial charge in [0.2, 0.25) is 5.78 Å². The molecule has 4 aromatic rings. The highest BCUT2D eigenvalue weighted by molar-refractivity contribution is 6.06. The van der Waals surface area contributed by atoms with Crippen molar-refractivity contribution in [3.63, 3.8) is 0 Å². The van der Waals surface area contributed by atoms with Gasteiger partial charge in [-0.15, -0.1) is 4.98 Å². The van der Waals surface area contributed by atoms with Gasteiger partial charge in [0.1, 0.15) is 35.4 Å². The van der Waals surface area contributed by atoms with E-state index in [1.54, 1.807) is 0 Å². The van der Waals surface area contributed by atoms with Crippen LogP contribution in [0, 0.1) is 17.9 Å². The highest BCUT2D eigenvalue weighted by Crippen LogP contribution is 2.37. The van der Waals surface area contributed by atoms with Gasteiger partial charge >= 0.3 is 12.4 Å². The van der Waals surface area contributed by atoms with Gasteiger partial charge in [-0.1, -0.05) is 18.7 Å². The predicted molar refractivity (Wildman–Crippen MR) is 107 cm³/mol. The molecule has 0 aliphatic rings. The van der Waals surface area contributed by atoms with E-state index in [0.29, 0.717) is 9.13 Å². The molecule has 0 fully saturated rings. The number of nitrogens with zero attached hydrogens (tertiary/aromatic N) is 8. The fourth-order valence-electron chi connectivity index (χ4n) is 3.23. The smallest absolute Gasteiger partial charge is 0.359 e. The Hall–Kier alpha value is -5.05. The number of ketones is 1. The Morgan fingerprint density at radius 2 is 1.36 bits per heavy atom. The van der Waals surface area contributed by atoms with Crippen LogP contribution in [0.15, 0.2) is 49.1 Å². The van der Waals surface area contributed by atoms with Crippen molar-refractivity contribution in [1.29, 1.82) is 5.26 Å². The number of alkyl halides is 6. The maximum absolute atomic E-state index is 13.5. The van der Waals surface area contributed by atoms with Crippen molar-refractivity contribution >= 4 is 11.6 Å². The van der Waals surface area contributed by atoms with Crippen molar-refractivity contribution in [2.45, 2.75) is 12.4 Å². The fourth-order valence-corrected chi connectivity index (χ4v) is 3.23. The molecule has 4 aromatic heterocycles. The summed E-state index contributed by atoms with van der Waals surface area (Å²) in [6.45, 7) is 6.89. The zero-order valence-corrected chi connectivity index (χ0v) is 17.4. The van der Waals surface area contributed by atoms with E-state index in [9.17, 15) is 31.1 Å². The Morgan fingerprint density at radius 3 is 1.83 bits per heavy atom. The number of aromatic nitrogens is 6. The lowest BCUT2D eigenvalue weighted by Crippen LogP contribution is -2.16. The molecular weight excluding hydrogens is 494 g/mol. The van der Waals surface area contributed by atoms with Crippen LogP contribution < -0.4 is 0 Å². The molecule has 0 amide bonds. The van der Waals surface area contributed by atoms with Gasteiger partial charge in [0, 0.05) is 0 Å². The van der Waals surface area contributed by atoms with Crippen LogP contribution in [0.2, 0.25) is 0 Å². The summed E-state index contributed by atoms with van der Waals surface area (Å²) in [6, 6.07) is 8.43. The summed E-state index contributed by atoms with van der Waals surface area (Å²) in [5, 5.41) is 8.94. The molecule has 36 heavy (non-hydrogen) atoms. The van der Waals surface area contributed by atoms with Crippen LogP contribution >= 0.6 is 0 Å². The van der Waals surface area contributed by atoms with E-state index in [1.165, 1.54) is 30.3 Å². The van der Waals surface area contributed by atoms with E-state index in [4.69, 9.17) is 11.8 Å². The number of imidazole rings is 2. The van der Waals surface area contributed by atoms with Crippen molar-refractivity contribution in [2.24, 2.45) is 0 Å². The standard InChI is InChI=1S/C21H8F6N8O/c1-29-19-18(21(25,26)27)35(10-31-19)15-7-3-5-12(33-15)16(36)11-4-2-6-14(32-11)34-9-30-13(8-28)17(34)20(22,23)24/h2-7,9-10H. The second kappa shape index (κ2) is 8.62. The zero-order chi connectivity index (χ0) is 26.3. The molecule has 0 saturated carbocycles. The Morgan fingerprint density at radius 1 is 0.861 bits per heavy atom. The molecule has 0 aromatic carbocycles. The highest BCUT2D eigenvalue weighted by atomic mass is 19.4. The van der Waals surface area contributed by atoms with Gasteiger partial charge in [0.05, 0.1) is 0 Å².